The number of alkyl halides is 7. The topological polar surface area (TPSA) is 30.0 Å². The lowest BCUT2D eigenvalue weighted by atomic mass is 10.0. The molecule has 0 N–H and O–H groups in total. The molecular formula is C15H8BrF6NO. The van der Waals surface area contributed by atoms with E-state index < -0.39 is 40.7 Å². The van der Waals surface area contributed by atoms with Crippen LogP contribution in [0.5, 0.6) is 0 Å². The van der Waals surface area contributed by atoms with Gasteiger partial charge in [-0.3, -0.25) is 4.79 Å². The molecule has 0 aliphatic carbocycles. The summed E-state index contributed by atoms with van der Waals surface area (Å²) < 4.78 is 78.1. The Hall–Kier alpha value is -1.90. The fraction of sp³-hybridized carbons (Fsp3) is 0.200. The number of hydrogen-bond donors (Lipinski definition) is 0. The predicted molar refractivity (Wildman–Crippen MR) is 77.8 cm³/mol. The Balaban J connectivity index is 2.74. The van der Waals surface area contributed by atoms with Gasteiger partial charge in [-0.2, -0.15) is 26.3 Å². The van der Waals surface area contributed by atoms with Gasteiger partial charge in [-0.1, -0.05) is 34.1 Å². The first-order valence-corrected chi connectivity index (χ1v) is 7.51. The number of carbonyl (C=O) groups is 1. The summed E-state index contributed by atoms with van der Waals surface area (Å²) in [6, 6.07) is 5.55. The van der Waals surface area contributed by atoms with Gasteiger partial charge >= 0.3 is 12.4 Å². The third kappa shape index (κ3) is 3.95. The molecule has 0 atom stereocenters. The van der Waals surface area contributed by atoms with E-state index in [2.05, 4.69) is 20.9 Å². The Morgan fingerprint density at radius 2 is 1.62 bits per heavy atom. The van der Waals surface area contributed by atoms with E-state index >= 15 is 0 Å². The molecule has 2 rings (SSSR count). The van der Waals surface area contributed by atoms with Gasteiger partial charge in [-0.05, 0) is 18.2 Å². The average Bonchev–Trinajstić information content (AvgIpc) is 2.52. The van der Waals surface area contributed by atoms with Crippen molar-refractivity contribution in [2.24, 2.45) is 0 Å². The number of aromatic nitrogens is 1. The molecule has 0 aliphatic heterocycles. The smallest absolute Gasteiger partial charge is 0.293 e. The van der Waals surface area contributed by atoms with Gasteiger partial charge in [-0.15, -0.1) is 0 Å². The van der Waals surface area contributed by atoms with Crippen LogP contribution < -0.4 is 0 Å². The fourth-order valence-electron chi connectivity index (χ4n) is 2.01. The summed E-state index contributed by atoms with van der Waals surface area (Å²) in [6.45, 7) is 0. The van der Waals surface area contributed by atoms with Crippen molar-refractivity contribution in [2.75, 3.05) is 5.33 Å². The molecule has 0 radical (unpaired) electrons. The van der Waals surface area contributed by atoms with E-state index in [0.29, 0.717) is 6.07 Å². The Bertz CT molecular complexity index is 769. The summed E-state index contributed by atoms with van der Waals surface area (Å²) in [7, 11) is 0. The third-order valence-electron chi connectivity index (χ3n) is 3.07. The van der Waals surface area contributed by atoms with Crippen molar-refractivity contribution in [2.45, 2.75) is 12.4 Å². The normalized spacial score (nSPS) is 12.3. The maximum atomic E-state index is 13.1. The molecular weight excluding hydrogens is 404 g/mol. The zero-order valence-corrected chi connectivity index (χ0v) is 13.3. The SMILES string of the molecule is O=C(CBr)c1cc(-c2ccccc2C(F)(F)F)nc(C(F)(F)F)c1. The molecule has 24 heavy (non-hydrogen) atoms. The predicted octanol–water partition coefficient (Wildman–Crippen LogP) is 5.36. The average molecular weight is 412 g/mol. The minimum Gasteiger partial charge on any atom is -0.293 e. The summed E-state index contributed by atoms with van der Waals surface area (Å²) in [6.07, 6.45) is -9.67. The quantitative estimate of drug-likeness (QED) is 0.386. The third-order valence-corrected chi connectivity index (χ3v) is 3.58. The van der Waals surface area contributed by atoms with Crippen LogP contribution in [0.25, 0.3) is 11.3 Å². The molecule has 1 aromatic heterocycles. The number of halogens is 7. The zero-order chi connectivity index (χ0) is 18.1. The zero-order valence-electron chi connectivity index (χ0n) is 11.7. The first-order valence-electron chi connectivity index (χ1n) is 6.39. The number of Topliss-reactive ketones (excluding diaryl/α,β-unsaturated/α-hetero) is 1. The van der Waals surface area contributed by atoms with Gasteiger partial charge in [0, 0.05) is 11.1 Å². The molecule has 2 nitrogen and oxygen atoms in total. The highest BCUT2D eigenvalue weighted by Crippen LogP contribution is 2.38. The van der Waals surface area contributed by atoms with Crippen molar-refractivity contribution < 1.29 is 31.1 Å². The first-order chi connectivity index (χ1) is 11.0. The number of hydrogen-bond acceptors (Lipinski definition) is 2. The van der Waals surface area contributed by atoms with E-state index in [1.807, 2.05) is 0 Å². The summed E-state index contributed by atoms with van der Waals surface area (Å²) in [5.41, 5.74) is -4.03. The molecule has 9 heteroatoms. The molecule has 1 heterocycles. The van der Waals surface area contributed by atoms with Crippen molar-refractivity contribution in [1.29, 1.82) is 0 Å². The number of nitrogens with zero attached hydrogens (tertiary/aromatic N) is 1. The first kappa shape index (κ1) is 18.4. The molecule has 128 valence electrons. The molecule has 0 amide bonds. The Kier molecular flexibility index (Phi) is 5.03. The van der Waals surface area contributed by atoms with E-state index in [4.69, 9.17) is 0 Å². The lowest BCUT2D eigenvalue weighted by molar-refractivity contribution is -0.141. The van der Waals surface area contributed by atoms with E-state index in [1.54, 1.807) is 0 Å². The summed E-state index contributed by atoms with van der Waals surface area (Å²) in [5.74, 6) is -0.700. The van der Waals surface area contributed by atoms with Crippen molar-refractivity contribution in [3.8, 4) is 11.3 Å². The molecule has 0 bridgehead atoms. The van der Waals surface area contributed by atoms with Crippen molar-refractivity contribution >= 4 is 21.7 Å². The van der Waals surface area contributed by atoms with Crippen molar-refractivity contribution in [1.82, 2.24) is 4.98 Å². The second-order valence-electron chi connectivity index (χ2n) is 4.72. The van der Waals surface area contributed by atoms with Crippen LogP contribution in [0.4, 0.5) is 26.3 Å². The number of ketones is 1. The van der Waals surface area contributed by atoms with Gasteiger partial charge in [0.2, 0.25) is 0 Å². The second-order valence-corrected chi connectivity index (χ2v) is 5.28. The molecule has 1 aromatic carbocycles. The van der Waals surface area contributed by atoms with Gasteiger partial charge in [0.25, 0.3) is 0 Å². The molecule has 0 fully saturated rings. The van der Waals surface area contributed by atoms with Crippen LogP contribution in [0.1, 0.15) is 21.6 Å². The number of benzene rings is 1. The van der Waals surface area contributed by atoms with E-state index in [9.17, 15) is 31.1 Å². The second kappa shape index (κ2) is 6.54. The van der Waals surface area contributed by atoms with Crippen molar-refractivity contribution in [3.05, 3.63) is 53.2 Å². The van der Waals surface area contributed by atoms with Crippen LogP contribution in [0.2, 0.25) is 0 Å². The molecule has 0 spiro atoms. The van der Waals surface area contributed by atoms with Gasteiger partial charge in [0.15, 0.2) is 5.78 Å². The van der Waals surface area contributed by atoms with Crippen molar-refractivity contribution in [3.63, 3.8) is 0 Å². The highest BCUT2D eigenvalue weighted by molar-refractivity contribution is 9.09. The molecule has 0 aliphatic rings. The Labute approximate surface area is 140 Å². The van der Waals surface area contributed by atoms with Crippen LogP contribution in [-0.2, 0) is 12.4 Å². The van der Waals surface area contributed by atoms with Crippen LogP contribution in [-0.4, -0.2) is 16.1 Å². The van der Waals surface area contributed by atoms with Crippen LogP contribution >= 0.6 is 15.9 Å². The van der Waals surface area contributed by atoms with Gasteiger partial charge in [0.05, 0.1) is 16.6 Å². The Morgan fingerprint density at radius 3 is 2.17 bits per heavy atom. The van der Waals surface area contributed by atoms with Crippen LogP contribution in [0.15, 0.2) is 36.4 Å². The van der Waals surface area contributed by atoms with Gasteiger partial charge < -0.3 is 0 Å². The number of carbonyl (C=O) groups excluding carboxylic acids is 1. The monoisotopic (exact) mass is 411 g/mol. The Morgan fingerprint density at radius 1 is 1.00 bits per heavy atom. The minimum absolute atomic E-state index is 0.269. The van der Waals surface area contributed by atoms with E-state index in [0.717, 1.165) is 24.3 Å². The largest absolute Gasteiger partial charge is 0.433 e. The summed E-state index contributed by atoms with van der Waals surface area (Å²) in [4.78, 5) is 15.0. The lowest BCUT2D eigenvalue weighted by Crippen LogP contribution is -2.13. The van der Waals surface area contributed by atoms with Gasteiger partial charge in [0.1, 0.15) is 5.69 Å². The van der Waals surface area contributed by atoms with Crippen LogP contribution in [0, 0.1) is 0 Å². The highest BCUT2D eigenvalue weighted by Gasteiger charge is 2.36. The molecule has 0 saturated carbocycles. The molecule has 0 saturated heterocycles. The minimum atomic E-state index is -4.90. The highest BCUT2D eigenvalue weighted by atomic mass is 79.9. The summed E-state index contributed by atoms with van der Waals surface area (Å²) >= 11 is 2.82. The molecule has 2 aromatic rings. The lowest BCUT2D eigenvalue weighted by Gasteiger charge is -2.15. The van der Waals surface area contributed by atoms with Gasteiger partial charge in [-0.25, -0.2) is 4.98 Å². The van der Waals surface area contributed by atoms with E-state index in [-0.39, 0.29) is 10.9 Å². The fourth-order valence-corrected chi connectivity index (χ4v) is 2.33. The summed E-state index contributed by atoms with van der Waals surface area (Å²) in [5, 5.41) is -0.269. The standard InChI is InChI=1S/C15H8BrF6NO/c16-7-12(24)8-5-11(23-13(6-8)15(20,21)22)9-3-1-2-4-10(9)14(17,18)19/h1-6H,7H2. The van der Waals surface area contributed by atoms with Crippen LogP contribution in [0.3, 0.4) is 0 Å². The number of rotatable bonds is 3. The molecule has 0 unspecified atom stereocenters. The maximum Gasteiger partial charge on any atom is 0.433 e. The maximum absolute atomic E-state index is 13.1. The van der Waals surface area contributed by atoms with E-state index in [1.165, 1.54) is 6.07 Å². The number of pyridine rings is 1.